The number of hydrogen-bond acceptors (Lipinski definition) is 2. The molecule has 1 fully saturated rings. The molecule has 0 bridgehead atoms. The van der Waals surface area contributed by atoms with Crippen molar-refractivity contribution < 1.29 is 5.11 Å². The molecule has 15 heavy (non-hydrogen) atoms. The van der Waals surface area contributed by atoms with Crippen LogP contribution in [0.25, 0.3) is 0 Å². The normalized spacial score (nSPS) is 30.1. The van der Waals surface area contributed by atoms with Crippen LogP contribution < -0.4 is 0 Å². The molecular formula is C13H18OS. The van der Waals surface area contributed by atoms with Gasteiger partial charge in [0, 0.05) is 10.00 Å². The van der Waals surface area contributed by atoms with E-state index < -0.39 is 0 Å². The topological polar surface area (TPSA) is 20.2 Å². The molecule has 1 saturated heterocycles. The van der Waals surface area contributed by atoms with Gasteiger partial charge in [-0.3, -0.25) is 0 Å². The fourth-order valence-corrected chi connectivity index (χ4v) is 3.92. The van der Waals surface area contributed by atoms with Gasteiger partial charge in [-0.15, -0.1) is 11.8 Å². The molecule has 2 rings (SSSR count). The average Bonchev–Trinajstić information content (AvgIpc) is 2.16. The SMILES string of the molecule is CC1(C)CC(O)CC(c2ccccc2)S1. The first-order valence-electron chi connectivity index (χ1n) is 5.48. The van der Waals surface area contributed by atoms with Crippen LogP contribution in [0.4, 0.5) is 0 Å². The monoisotopic (exact) mass is 222 g/mol. The molecule has 82 valence electrons. The first-order chi connectivity index (χ1) is 7.07. The fraction of sp³-hybridized carbons (Fsp3) is 0.538. The van der Waals surface area contributed by atoms with Crippen molar-refractivity contribution in [2.75, 3.05) is 0 Å². The van der Waals surface area contributed by atoms with Crippen molar-refractivity contribution in [3.8, 4) is 0 Å². The largest absolute Gasteiger partial charge is 0.393 e. The third-order valence-electron chi connectivity index (χ3n) is 2.85. The lowest BCUT2D eigenvalue weighted by atomic mass is 9.97. The van der Waals surface area contributed by atoms with E-state index in [0.29, 0.717) is 5.25 Å². The minimum Gasteiger partial charge on any atom is -0.393 e. The van der Waals surface area contributed by atoms with Crippen LogP contribution in [0, 0.1) is 0 Å². The number of thioether (sulfide) groups is 1. The second-order valence-corrected chi connectivity index (χ2v) is 6.78. The van der Waals surface area contributed by atoms with Crippen molar-refractivity contribution >= 4 is 11.8 Å². The Morgan fingerprint density at radius 2 is 1.93 bits per heavy atom. The van der Waals surface area contributed by atoms with E-state index in [2.05, 4.69) is 38.1 Å². The molecule has 1 N–H and O–H groups in total. The second kappa shape index (κ2) is 4.18. The Bertz CT molecular complexity index is 321. The predicted octanol–water partition coefficient (Wildman–Crippen LogP) is 3.39. The van der Waals surface area contributed by atoms with E-state index in [1.807, 2.05) is 17.8 Å². The molecule has 0 spiro atoms. The van der Waals surface area contributed by atoms with Crippen molar-refractivity contribution in [1.82, 2.24) is 0 Å². The summed E-state index contributed by atoms with van der Waals surface area (Å²) in [5.74, 6) is 0. The van der Waals surface area contributed by atoms with E-state index in [1.54, 1.807) is 0 Å². The molecule has 0 aliphatic carbocycles. The molecule has 1 aromatic carbocycles. The smallest absolute Gasteiger partial charge is 0.0567 e. The molecule has 0 saturated carbocycles. The Labute approximate surface area is 95.9 Å². The maximum atomic E-state index is 9.86. The highest BCUT2D eigenvalue weighted by Gasteiger charge is 2.34. The highest BCUT2D eigenvalue weighted by atomic mass is 32.2. The van der Waals surface area contributed by atoms with Gasteiger partial charge in [-0.2, -0.15) is 0 Å². The third-order valence-corrected chi connectivity index (χ3v) is 4.40. The summed E-state index contributed by atoms with van der Waals surface area (Å²) >= 11 is 1.99. The van der Waals surface area contributed by atoms with Crippen molar-refractivity contribution in [3.63, 3.8) is 0 Å². The van der Waals surface area contributed by atoms with Gasteiger partial charge in [-0.1, -0.05) is 44.2 Å². The highest BCUT2D eigenvalue weighted by Crippen LogP contribution is 2.48. The van der Waals surface area contributed by atoms with Gasteiger partial charge < -0.3 is 5.11 Å². The minimum atomic E-state index is -0.147. The van der Waals surface area contributed by atoms with Crippen LogP contribution in [-0.2, 0) is 0 Å². The average molecular weight is 222 g/mol. The predicted molar refractivity (Wildman–Crippen MR) is 66.1 cm³/mol. The summed E-state index contributed by atoms with van der Waals surface area (Å²) in [5.41, 5.74) is 1.34. The summed E-state index contributed by atoms with van der Waals surface area (Å²) < 4.78 is 0.193. The van der Waals surface area contributed by atoms with Gasteiger partial charge >= 0.3 is 0 Å². The van der Waals surface area contributed by atoms with E-state index in [0.717, 1.165) is 12.8 Å². The van der Waals surface area contributed by atoms with Gasteiger partial charge in [0.15, 0.2) is 0 Å². The Morgan fingerprint density at radius 3 is 2.53 bits per heavy atom. The number of aliphatic hydroxyl groups excluding tert-OH is 1. The van der Waals surface area contributed by atoms with Gasteiger partial charge in [-0.25, -0.2) is 0 Å². The van der Waals surface area contributed by atoms with Gasteiger partial charge in [-0.05, 0) is 18.4 Å². The summed E-state index contributed by atoms with van der Waals surface area (Å²) in [6.45, 7) is 4.44. The van der Waals surface area contributed by atoms with Crippen molar-refractivity contribution in [1.29, 1.82) is 0 Å². The maximum absolute atomic E-state index is 9.86. The standard InChI is InChI=1S/C13H18OS/c1-13(2)9-11(14)8-12(15-13)10-6-4-3-5-7-10/h3-7,11-12,14H,8-9H2,1-2H3. The molecule has 0 radical (unpaired) electrons. The molecule has 2 unspecified atom stereocenters. The molecule has 0 aromatic heterocycles. The number of hydrogen-bond donors (Lipinski definition) is 1. The molecule has 1 aliphatic heterocycles. The first-order valence-corrected chi connectivity index (χ1v) is 6.36. The summed E-state index contributed by atoms with van der Waals surface area (Å²) in [7, 11) is 0. The molecule has 0 amide bonds. The maximum Gasteiger partial charge on any atom is 0.0567 e. The Morgan fingerprint density at radius 1 is 1.27 bits per heavy atom. The van der Waals surface area contributed by atoms with Gasteiger partial charge in [0.2, 0.25) is 0 Å². The summed E-state index contributed by atoms with van der Waals surface area (Å²) in [6.07, 6.45) is 1.64. The molecule has 1 aliphatic rings. The Balaban J connectivity index is 2.17. The number of rotatable bonds is 1. The van der Waals surface area contributed by atoms with Gasteiger partial charge in [0.1, 0.15) is 0 Å². The lowest BCUT2D eigenvalue weighted by molar-refractivity contribution is 0.138. The molecule has 1 heterocycles. The van der Waals surface area contributed by atoms with Crippen LogP contribution >= 0.6 is 11.8 Å². The van der Waals surface area contributed by atoms with E-state index in [9.17, 15) is 5.11 Å². The van der Waals surface area contributed by atoms with Gasteiger partial charge in [0.25, 0.3) is 0 Å². The second-order valence-electron chi connectivity index (χ2n) is 4.87. The first kappa shape index (κ1) is 11.0. The summed E-state index contributed by atoms with van der Waals surface area (Å²) in [5, 5.41) is 10.3. The minimum absolute atomic E-state index is 0.147. The summed E-state index contributed by atoms with van der Waals surface area (Å²) in [6, 6.07) is 10.5. The van der Waals surface area contributed by atoms with Crippen LogP contribution in [0.5, 0.6) is 0 Å². The van der Waals surface area contributed by atoms with Crippen molar-refractivity contribution in [2.24, 2.45) is 0 Å². The quantitative estimate of drug-likeness (QED) is 0.786. The third kappa shape index (κ3) is 2.76. The van der Waals surface area contributed by atoms with Gasteiger partial charge in [0.05, 0.1) is 6.10 Å². The van der Waals surface area contributed by atoms with Crippen LogP contribution in [0.2, 0.25) is 0 Å². The number of benzene rings is 1. The lowest BCUT2D eigenvalue weighted by Crippen LogP contribution is -2.31. The van der Waals surface area contributed by atoms with Crippen LogP contribution in [0.1, 0.15) is 37.5 Å². The molecule has 2 atom stereocenters. The summed E-state index contributed by atoms with van der Waals surface area (Å²) in [4.78, 5) is 0. The van der Waals surface area contributed by atoms with E-state index in [1.165, 1.54) is 5.56 Å². The van der Waals surface area contributed by atoms with E-state index in [-0.39, 0.29) is 10.9 Å². The zero-order valence-electron chi connectivity index (χ0n) is 9.31. The molecular weight excluding hydrogens is 204 g/mol. The molecule has 1 aromatic rings. The van der Waals surface area contributed by atoms with Crippen LogP contribution in [0.15, 0.2) is 30.3 Å². The highest BCUT2D eigenvalue weighted by molar-refractivity contribution is 8.00. The van der Waals surface area contributed by atoms with Crippen LogP contribution in [0.3, 0.4) is 0 Å². The Hall–Kier alpha value is -0.470. The lowest BCUT2D eigenvalue weighted by Gasteiger charge is -2.37. The zero-order valence-corrected chi connectivity index (χ0v) is 10.1. The van der Waals surface area contributed by atoms with E-state index in [4.69, 9.17) is 0 Å². The van der Waals surface area contributed by atoms with E-state index >= 15 is 0 Å². The fourth-order valence-electron chi connectivity index (χ4n) is 2.25. The Kier molecular flexibility index (Phi) is 3.08. The number of aliphatic hydroxyl groups is 1. The molecule has 1 nitrogen and oxygen atoms in total. The zero-order chi connectivity index (χ0) is 10.9. The van der Waals surface area contributed by atoms with Crippen LogP contribution in [-0.4, -0.2) is 16.0 Å². The molecule has 2 heteroatoms. The van der Waals surface area contributed by atoms with Crippen molar-refractivity contribution in [3.05, 3.63) is 35.9 Å². The van der Waals surface area contributed by atoms with Crippen molar-refractivity contribution in [2.45, 2.75) is 42.8 Å².